The number of carbonyl (C=O) groups excluding carboxylic acids is 1. The highest BCUT2D eigenvalue weighted by molar-refractivity contribution is 7.11. The first-order valence-electron chi connectivity index (χ1n) is 10.8. The number of nitrogens with zero attached hydrogens (tertiary/aromatic N) is 2. The molecule has 9 nitrogen and oxygen atoms in total. The minimum Gasteiger partial charge on any atom is -0.477 e. The van der Waals surface area contributed by atoms with Gasteiger partial charge in [-0.1, -0.05) is 11.6 Å². The van der Waals surface area contributed by atoms with E-state index in [-0.39, 0.29) is 27.0 Å². The SMILES string of the molecule is O=C(NCC1CCC2CNCCN2C1)Nc1snc(OCc2cc(F)c(Cl)cc2F)c1C(=O)O. The van der Waals surface area contributed by atoms with Crippen LogP contribution in [0.5, 0.6) is 5.88 Å². The van der Waals surface area contributed by atoms with Gasteiger partial charge in [0.1, 0.15) is 23.2 Å². The summed E-state index contributed by atoms with van der Waals surface area (Å²) in [5.41, 5.74) is -0.519. The average molecular weight is 516 g/mol. The number of piperazine rings is 1. The summed E-state index contributed by atoms with van der Waals surface area (Å²) in [5.74, 6) is -3.00. The van der Waals surface area contributed by atoms with Gasteiger partial charge in [-0.05, 0) is 42.4 Å². The van der Waals surface area contributed by atoms with Crippen molar-refractivity contribution in [2.75, 3.05) is 38.0 Å². The van der Waals surface area contributed by atoms with Gasteiger partial charge in [-0.2, -0.15) is 4.37 Å². The number of aromatic carboxylic acids is 1. The van der Waals surface area contributed by atoms with Crippen molar-refractivity contribution < 1.29 is 28.2 Å². The van der Waals surface area contributed by atoms with E-state index in [4.69, 9.17) is 16.3 Å². The Morgan fingerprint density at radius 3 is 2.94 bits per heavy atom. The number of piperidine rings is 1. The van der Waals surface area contributed by atoms with E-state index < -0.39 is 30.2 Å². The maximum Gasteiger partial charge on any atom is 0.344 e. The lowest BCUT2D eigenvalue weighted by atomic mass is 9.91. The van der Waals surface area contributed by atoms with Crippen LogP contribution >= 0.6 is 23.1 Å². The number of amides is 2. The Morgan fingerprint density at radius 2 is 2.15 bits per heavy atom. The predicted molar refractivity (Wildman–Crippen MR) is 123 cm³/mol. The number of carbonyl (C=O) groups is 2. The van der Waals surface area contributed by atoms with Gasteiger partial charge in [-0.3, -0.25) is 10.2 Å². The zero-order valence-corrected chi connectivity index (χ0v) is 19.6. The molecule has 13 heteroatoms. The lowest BCUT2D eigenvalue weighted by Crippen LogP contribution is -2.56. The highest BCUT2D eigenvalue weighted by Gasteiger charge is 2.30. The molecule has 0 aliphatic carbocycles. The molecule has 2 unspecified atom stereocenters. The first kappa shape index (κ1) is 24.6. The van der Waals surface area contributed by atoms with Crippen LogP contribution in [0.15, 0.2) is 12.1 Å². The molecule has 3 heterocycles. The van der Waals surface area contributed by atoms with Gasteiger partial charge in [0.15, 0.2) is 5.56 Å². The Kier molecular flexibility index (Phi) is 7.81. The van der Waals surface area contributed by atoms with Crippen molar-refractivity contribution in [1.29, 1.82) is 0 Å². The third-order valence-corrected chi connectivity index (χ3v) is 7.02. The Bertz CT molecular complexity index is 1070. The number of benzene rings is 1. The number of hydrogen-bond donors (Lipinski definition) is 4. The van der Waals surface area contributed by atoms with Gasteiger partial charge in [0.2, 0.25) is 5.88 Å². The summed E-state index contributed by atoms with van der Waals surface area (Å²) in [4.78, 5) is 26.6. The molecule has 0 saturated carbocycles. The number of anilines is 1. The zero-order valence-electron chi connectivity index (χ0n) is 18.1. The van der Waals surface area contributed by atoms with E-state index in [1.54, 1.807) is 0 Å². The topological polar surface area (TPSA) is 116 Å². The average Bonchev–Trinajstić information content (AvgIpc) is 3.21. The lowest BCUT2D eigenvalue weighted by molar-refractivity contribution is 0.0693. The second-order valence-electron chi connectivity index (χ2n) is 8.27. The highest BCUT2D eigenvalue weighted by Crippen LogP contribution is 2.32. The molecule has 4 rings (SSSR count). The van der Waals surface area contributed by atoms with Crippen LogP contribution in [0.4, 0.5) is 18.6 Å². The maximum atomic E-state index is 14.0. The molecule has 2 amide bonds. The fourth-order valence-electron chi connectivity index (χ4n) is 4.20. The molecule has 2 atom stereocenters. The second kappa shape index (κ2) is 10.8. The number of carboxylic acids is 1. The Labute approximate surface area is 203 Å². The highest BCUT2D eigenvalue weighted by atomic mass is 35.5. The van der Waals surface area contributed by atoms with Crippen molar-refractivity contribution in [2.45, 2.75) is 25.5 Å². The Morgan fingerprint density at radius 1 is 1.32 bits per heavy atom. The van der Waals surface area contributed by atoms with Gasteiger partial charge in [-0.15, -0.1) is 0 Å². The van der Waals surface area contributed by atoms with Gasteiger partial charge >= 0.3 is 12.0 Å². The third-order valence-electron chi connectivity index (χ3n) is 5.98. The van der Waals surface area contributed by atoms with Crippen molar-refractivity contribution in [3.63, 3.8) is 0 Å². The monoisotopic (exact) mass is 515 g/mol. The van der Waals surface area contributed by atoms with E-state index in [0.717, 1.165) is 62.7 Å². The molecule has 2 fully saturated rings. The van der Waals surface area contributed by atoms with Crippen molar-refractivity contribution in [3.05, 3.63) is 39.9 Å². The van der Waals surface area contributed by atoms with E-state index in [2.05, 4.69) is 25.2 Å². The standard InChI is InChI=1S/C21H24ClF2N5O4S/c22-14-6-15(23)12(5-16(14)24)10-33-18-17(20(30)31)19(34-28-18)27-21(32)26-7-11-1-2-13-8-25-3-4-29(13)9-11/h5-6,11,13,25H,1-4,7-10H2,(H,30,31)(H2,26,27,32). The van der Waals surface area contributed by atoms with E-state index in [0.29, 0.717) is 18.5 Å². The van der Waals surface area contributed by atoms with Crippen molar-refractivity contribution >= 4 is 40.1 Å². The largest absolute Gasteiger partial charge is 0.477 e. The first-order valence-corrected chi connectivity index (χ1v) is 12.0. The number of nitrogens with one attached hydrogen (secondary N) is 3. The van der Waals surface area contributed by atoms with E-state index in [1.165, 1.54) is 0 Å². The summed E-state index contributed by atoms with van der Waals surface area (Å²) in [7, 11) is 0. The number of halogens is 3. The minimum atomic E-state index is -1.38. The molecule has 4 N–H and O–H groups in total. The third kappa shape index (κ3) is 5.74. The van der Waals surface area contributed by atoms with Crippen LogP contribution in [0.25, 0.3) is 0 Å². The Balaban J connectivity index is 1.33. The molecule has 2 aliphatic heterocycles. The molecule has 2 aromatic rings. The summed E-state index contributed by atoms with van der Waals surface area (Å²) in [6, 6.07) is 1.67. The van der Waals surface area contributed by atoms with Gasteiger partial charge in [0.25, 0.3) is 0 Å². The summed E-state index contributed by atoms with van der Waals surface area (Å²) in [6.45, 7) is 3.86. The van der Waals surface area contributed by atoms with Crippen LogP contribution in [-0.2, 0) is 6.61 Å². The maximum absolute atomic E-state index is 14.0. The fraction of sp³-hybridized carbons (Fsp3) is 0.476. The van der Waals surface area contributed by atoms with Crippen LogP contribution in [0.1, 0.15) is 28.8 Å². The molecule has 2 saturated heterocycles. The molecule has 0 bridgehead atoms. The van der Waals surface area contributed by atoms with Crippen molar-refractivity contribution in [3.8, 4) is 5.88 Å². The van der Waals surface area contributed by atoms with Gasteiger partial charge in [0.05, 0.1) is 5.02 Å². The first-order chi connectivity index (χ1) is 16.3. The van der Waals surface area contributed by atoms with Crippen molar-refractivity contribution in [1.82, 2.24) is 19.9 Å². The van der Waals surface area contributed by atoms with Crippen LogP contribution < -0.4 is 20.7 Å². The number of ether oxygens (including phenoxy) is 1. The molecule has 2 aliphatic rings. The number of rotatable bonds is 7. The smallest absolute Gasteiger partial charge is 0.344 e. The normalized spacial score (nSPS) is 20.4. The van der Waals surface area contributed by atoms with Gasteiger partial charge < -0.3 is 20.5 Å². The van der Waals surface area contributed by atoms with Gasteiger partial charge in [-0.25, -0.2) is 18.4 Å². The molecule has 0 spiro atoms. The molecule has 1 aromatic heterocycles. The number of hydrogen-bond acceptors (Lipinski definition) is 7. The summed E-state index contributed by atoms with van der Waals surface area (Å²) in [6.07, 6.45) is 2.07. The fourth-order valence-corrected chi connectivity index (χ4v) is 5.07. The molecule has 1 aromatic carbocycles. The molecule has 34 heavy (non-hydrogen) atoms. The van der Waals surface area contributed by atoms with Crippen LogP contribution in [-0.4, -0.2) is 65.1 Å². The van der Waals surface area contributed by atoms with E-state index in [1.807, 2.05) is 0 Å². The molecular formula is C21H24ClF2N5O4S. The second-order valence-corrected chi connectivity index (χ2v) is 9.46. The zero-order chi connectivity index (χ0) is 24.2. The van der Waals surface area contributed by atoms with Crippen LogP contribution in [0.3, 0.4) is 0 Å². The van der Waals surface area contributed by atoms with Crippen molar-refractivity contribution in [2.24, 2.45) is 5.92 Å². The summed E-state index contributed by atoms with van der Waals surface area (Å²) >= 11 is 6.25. The van der Waals surface area contributed by atoms with Crippen LogP contribution in [0, 0.1) is 17.6 Å². The van der Waals surface area contributed by atoms with Crippen LogP contribution in [0.2, 0.25) is 5.02 Å². The minimum absolute atomic E-state index is 0.0198. The van der Waals surface area contributed by atoms with E-state index >= 15 is 0 Å². The molecule has 0 radical (unpaired) electrons. The quantitative estimate of drug-likeness (QED) is 0.419. The summed E-state index contributed by atoms with van der Waals surface area (Å²) < 4.78 is 36.8. The number of fused-ring (bicyclic) bond motifs is 1. The lowest BCUT2D eigenvalue weighted by Gasteiger charge is -2.42. The number of carboxylic acid groups (broad SMARTS) is 1. The number of urea groups is 1. The van der Waals surface area contributed by atoms with Gasteiger partial charge in [0, 0.05) is 44.3 Å². The molecule has 184 valence electrons. The summed E-state index contributed by atoms with van der Waals surface area (Å²) in [5, 5.41) is 17.9. The number of aromatic nitrogens is 1. The predicted octanol–water partition coefficient (Wildman–Crippen LogP) is 3.16. The Hall–Kier alpha value is -2.54. The van der Waals surface area contributed by atoms with E-state index in [9.17, 15) is 23.5 Å². The molecular weight excluding hydrogens is 492 g/mol.